The third-order valence-electron chi connectivity index (χ3n) is 5.72. The zero-order valence-corrected chi connectivity index (χ0v) is 18.7. The van der Waals surface area contributed by atoms with Gasteiger partial charge in [-0.05, 0) is 35.4 Å². The van der Waals surface area contributed by atoms with Crippen LogP contribution < -0.4 is 10.6 Å². The molecule has 0 unspecified atom stereocenters. The van der Waals surface area contributed by atoms with Gasteiger partial charge in [0.15, 0.2) is 5.82 Å². The number of para-hydroxylation sites is 2. The number of aromatic nitrogens is 2. The molecule has 0 spiro atoms. The van der Waals surface area contributed by atoms with Crippen LogP contribution in [0.4, 0.5) is 11.5 Å². The smallest absolute Gasteiger partial charge is 0.162 e. The van der Waals surface area contributed by atoms with Gasteiger partial charge in [0, 0.05) is 34.4 Å². The number of nitrogens with zero attached hydrogens (tertiary/aromatic N) is 2. The van der Waals surface area contributed by atoms with Crippen molar-refractivity contribution in [3.05, 3.63) is 103 Å². The van der Waals surface area contributed by atoms with Crippen LogP contribution in [0.3, 0.4) is 0 Å². The Bertz CT molecular complexity index is 1450. The number of benzene rings is 4. The third kappa shape index (κ3) is 4.15. The highest BCUT2D eigenvalue weighted by Gasteiger charge is 2.13. The van der Waals surface area contributed by atoms with E-state index in [4.69, 9.17) is 9.97 Å². The molecule has 0 bridgehead atoms. The van der Waals surface area contributed by atoms with Crippen molar-refractivity contribution in [3.8, 4) is 11.4 Å². The molecule has 0 atom stereocenters. The number of hydrogen-bond acceptors (Lipinski definition) is 4. The molecule has 0 saturated carbocycles. The van der Waals surface area contributed by atoms with Gasteiger partial charge >= 0.3 is 0 Å². The lowest BCUT2D eigenvalue weighted by atomic mass is 10.0. The van der Waals surface area contributed by atoms with Crippen molar-refractivity contribution >= 4 is 38.9 Å². The van der Waals surface area contributed by atoms with Crippen LogP contribution in [0.2, 0.25) is 0 Å². The maximum Gasteiger partial charge on any atom is 0.162 e. The molecule has 2 N–H and O–H groups in total. The zero-order valence-electron chi connectivity index (χ0n) is 18.7. The number of hydrogen-bond donors (Lipinski definition) is 2. The van der Waals surface area contributed by atoms with Crippen molar-refractivity contribution < 1.29 is 0 Å². The zero-order chi connectivity index (χ0) is 22.6. The minimum absolute atomic E-state index is 0.693. The van der Waals surface area contributed by atoms with E-state index < -0.39 is 0 Å². The van der Waals surface area contributed by atoms with Gasteiger partial charge in [0.2, 0.25) is 0 Å². The Morgan fingerprint density at radius 3 is 2.39 bits per heavy atom. The first kappa shape index (κ1) is 20.7. The van der Waals surface area contributed by atoms with Gasteiger partial charge in [0.05, 0.1) is 5.52 Å². The molecule has 0 aliphatic rings. The van der Waals surface area contributed by atoms with Crippen molar-refractivity contribution in [2.45, 2.75) is 13.3 Å². The van der Waals surface area contributed by atoms with E-state index in [0.29, 0.717) is 5.82 Å². The Morgan fingerprint density at radius 2 is 1.52 bits per heavy atom. The maximum absolute atomic E-state index is 4.98. The Kier molecular flexibility index (Phi) is 5.73. The highest BCUT2D eigenvalue weighted by Crippen LogP contribution is 2.32. The molecule has 1 heterocycles. The molecule has 0 aliphatic carbocycles. The molecule has 0 fully saturated rings. The quantitative estimate of drug-likeness (QED) is 0.283. The fourth-order valence-electron chi connectivity index (χ4n) is 4.08. The van der Waals surface area contributed by atoms with Crippen LogP contribution >= 0.6 is 0 Å². The van der Waals surface area contributed by atoms with E-state index in [0.717, 1.165) is 57.6 Å². The molecule has 5 aromatic rings. The highest BCUT2D eigenvalue weighted by atomic mass is 15.0. The summed E-state index contributed by atoms with van der Waals surface area (Å²) in [6, 6.07) is 30.9. The molecule has 1 aromatic heterocycles. The molecule has 162 valence electrons. The Labute approximate surface area is 194 Å². The van der Waals surface area contributed by atoms with E-state index in [9.17, 15) is 0 Å². The summed E-state index contributed by atoms with van der Waals surface area (Å²) < 4.78 is 0. The van der Waals surface area contributed by atoms with E-state index in [1.807, 2.05) is 48.5 Å². The Morgan fingerprint density at radius 1 is 0.788 bits per heavy atom. The van der Waals surface area contributed by atoms with Crippen LogP contribution in [-0.4, -0.2) is 16.5 Å². The Hall–Kier alpha value is -4.18. The molecule has 0 aliphatic heterocycles. The van der Waals surface area contributed by atoms with Crippen LogP contribution in [-0.2, 0) is 0 Å². The summed E-state index contributed by atoms with van der Waals surface area (Å²) in [6.07, 6.45) is 1.05. The summed E-state index contributed by atoms with van der Waals surface area (Å²) in [7, 11) is 0. The normalized spacial score (nSPS) is 10.9. The summed E-state index contributed by atoms with van der Waals surface area (Å²) in [5, 5.41) is 10.2. The molecule has 4 aromatic carbocycles. The summed E-state index contributed by atoms with van der Waals surface area (Å²) in [6.45, 7) is 7.40. The number of rotatable bonds is 7. The fraction of sp³-hybridized carbons (Fsp3) is 0.103. The molecular formula is C29H26N4. The van der Waals surface area contributed by atoms with Gasteiger partial charge in [0.25, 0.3) is 0 Å². The van der Waals surface area contributed by atoms with Gasteiger partial charge in [-0.2, -0.15) is 0 Å². The average Bonchev–Trinajstić information content (AvgIpc) is 2.87. The number of fused-ring (bicyclic) bond motifs is 2. The van der Waals surface area contributed by atoms with Gasteiger partial charge in [-0.15, -0.1) is 0 Å². The first-order valence-corrected chi connectivity index (χ1v) is 11.3. The second kappa shape index (κ2) is 9.13. The van der Waals surface area contributed by atoms with Crippen LogP contribution in [0.5, 0.6) is 0 Å². The minimum Gasteiger partial charge on any atom is -0.385 e. The molecule has 33 heavy (non-hydrogen) atoms. The average molecular weight is 431 g/mol. The third-order valence-corrected chi connectivity index (χ3v) is 5.72. The van der Waals surface area contributed by atoms with Gasteiger partial charge in [-0.25, -0.2) is 9.97 Å². The second-order valence-electron chi connectivity index (χ2n) is 8.02. The summed E-state index contributed by atoms with van der Waals surface area (Å²) >= 11 is 0. The van der Waals surface area contributed by atoms with Crippen molar-refractivity contribution in [1.82, 2.24) is 9.97 Å². The van der Waals surface area contributed by atoms with Gasteiger partial charge in [0.1, 0.15) is 5.82 Å². The van der Waals surface area contributed by atoms with E-state index in [-0.39, 0.29) is 0 Å². The van der Waals surface area contributed by atoms with E-state index in [1.54, 1.807) is 0 Å². The molecule has 0 saturated heterocycles. The number of anilines is 2. The van der Waals surface area contributed by atoms with Crippen molar-refractivity contribution in [2.75, 3.05) is 17.2 Å². The molecular weight excluding hydrogens is 404 g/mol. The van der Waals surface area contributed by atoms with Gasteiger partial charge in [-0.1, -0.05) is 86.3 Å². The van der Waals surface area contributed by atoms with Crippen molar-refractivity contribution in [1.29, 1.82) is 0 Å². The predicted octanol–water partition coefficient (Wildman–Crippen LogP) is 7.35. The monoisotopic (exact) mass is 430 g/mol. The summed E-state index contributed by atoms with van der Waals surface area (Å²) in [5.41, 5.74) is 4.78. The largest absolute Gasteiger partial charge is 0.385 e. The second-order valence-corrected chi connectivity index (χ2v) is 8.02. The lowest BCUT2D eigenvalue weighted by Gasteiger charge is -2.17. The topological polar surface area (TPSA) is 49.8 Å². The van der Waals surface area contributed by atoms with Gasteiger partial charge < -0.3 is 10.6 Å². The van der Waals surface area contributed by atoms with Crippen molar-refractivity contribution in [3.63, 3.8) is 0 Å². The lowest BCUT2D eigenvalue weighted by molar-refractivity contribution is 0.979. The van der Waals surface area contributed by atoms with E-state index in [1.165, 1.54) is 5.39 Å². The minimum atomic E-state index is 0.693. The molecule has 0 radical (unpaired) electrons. The van der Waals surface area contributed by atoms with Crippen LogP contribution in [0.15, 0.2) is 97.6 Å². The standard InChI is InChI=1S/C29H26N4/c1-3-19-30-26-17-8-6-13-22(26)20(2)31-29-25-15-7-9-18-27(25)32-28(33-29)24-16-10-12-21-11-4-5-14-23(21)24/h4-18,30H,2-3,19H2,1H3,(H,31,32,33). The first-order valence-electron chi connectivity index (χ1n) is 11.3. The van der Waals surface area contributed by atoms with Gasteiger partial charge in [-0.3, -0.25) is 0 Å². The summed E-state index contributed by atoms with van der Waals surface area (Å²) in [5.74, 6) is 1.44. The van der Waals surface area contributed by atoms with Crippen LogP contribution in [0.1, 0.15) is 18.9 Å². The van der Waals surface area contributed by atoms with E-state index in [2.05, 4.69) is 66.6 Å². The van der Waals surface area contributed by atoms with Crippen LogP contribution in [0, 0.1) is 0 Å². The SMILES string of the molecule is C=C(Nc1nc(-c2cccc3ccccc23)nc2ccccc12)c1ccccc1NCCC. The number of nitrogens with one attached hydrogen (secondary N) is 2. The van der Waals surface area contributed by atoms with Crippen LogP contribution in [0.25, 0.3) is 38.8 Å². The lowest BCUT2D eigenvalue weighted by Crippen LogP contribution is -2.07. The molecule has 0 amide bonds. The Balaban J connectivity index is 1.60. The van der Waals surface area contributed by atoms with Crippen molar-refractivity contribution in [2.24, 2.45) is 0 Å². The highest BCUT2D eigenvalue weighted by molar-refractivity contribution is 5.99. The summed E-state index contributed by atoms with van der Waals surface area (Å²) in [4.78, 5) is 9.88. The fourth-order valence-corrected chi connectivity index (χ4v) is 4.08. The first-order chi connectivity index (χ1) is 16.2. The maximum atomic E-state index is 4.98. The molecule has 5 rings (SSSR count). The molecule has 4 heteroatoms. The predicted molar refractivity (Wildman–Crippen MR) is 140 cm³/mol. The van der Waals surface area contributed by atoms with E-state index >= 15 is 0 Å². The molecule has 4 nitrogen and oxygen atoms in total.